The Bertz CT molecular complexity index is 1000. The van der Waals surface area contributed by atoms with Gasteiger partial charge in [0.2, 0.25) is 15.9 Å². The van der Waals surface area contributed by atoms with E-state index in [1.165, 1.54) is 23.4 Å². The number of carbonyl (C=O) groups is 2. The number of alkyl carbamates (subject to hydrolysis) is 1. The van der Waals surface area contributed by atoms with Crippen molar-refractivity contribution in [2.75, 3.05) is 18.4 Å². The summed E-state index contributed by atoms with van der Waals surface area (Å²) in [7, 11) is -3.60. The quantitative estimate of drug-likeness (QED) is 0.681. The van der Waals surface area contributed by atoms with Gasteiger partial charge in [0.15, 0.2) is 0 Å². The second kappa shape index (κ2) is 10.4. The van der Waals surface area contributed by atoms with Gasteiger partial charge in [0, 0.05) is 18.8 Å². The Morgan fingerprint density at radius 2 is 1.74 bits per heavy atom. The van der Waals surface area contributed by atoms with Crippen molar-refractivity contribution in [1.29, 1.82) is 0 Å². The molecule has 2 aromatic rings. The van der Waals surface area contributed by atoms with Crippen LogP contribution in [0.4, 0.5) is 10.5 Å². The highest BCUT2D eigenvalue weighted by Gasteiger charge is 2.26. The first-order chi connectivity index (χ1) is 14.9. The number of anilines is 1. The molecule has 1 aliphatic rings. The van der Waals surface area contributed by atoms with E-state index in [4.69, 9.17) is 4.74 Å². The molecule has 166 valence electrons. The van der Waals surface area contributed by atoms with Crippen LogP contribution in [0.15, 0.2) is 59.5 Å². The van der Waals surface area contributed by atoms with Gasteiger partial charge < -0.3 is 15.4 Å². The minimum atomic E-state index is -3.60. The highest BCUT2D eigenvalue weighted by Crippen LogP contribution is 2.23. The molecule has 0 unspecified atom stereocenters. The number of nitrogens with zero attached hydrogens (tertiary/aromatic N) is 1. The first kappa shape index (κ1) is 22.8. The van der Waals surface area contributed by atoms with Gasteiger partial charge in [-0.1, -0.05) is 42.8 Å². The van der Waals surface area contributed by atoms with Gasteiger partial charge in [-0.2, -0.15) is 4.31 Å². The minimum Gasteiger partial charge on any atom is -0.445 e. The Balaban J connectivity index is 1.56. The lowest BCUT2D eigenvalue weighted by molar-refractivity contribution is -0.117. The molecule has 2 N–H and O–H groups in total. The second-order valence-electron chi connectivity index (χ2n) is 7.41. The summed E-state index contributed by atoms with van der Waals surface area (Å²) in [6.45, 7) is 2.63. The minimum absolute atomic E-state index is 0.0947. The van der Waals surface area contributed by atoms with Crippen molar-refractivity contribution >= 4 is 27.7 Å². The molecule has 0 saturated carbocycles. The van der Waals surface area contributed by atoms with Gasteiger partial charge >= 0.3 is 6.09 Å². The second-order valence-corrected chi connectivity index (χ2v) is 9.35. The van der Waals surface area contributed by atoms with Crippen molar-refractivity contribution in [3.05, 3.63) is 60.2 Å². The first-order valence-electron chi connectivity index (χ1n) is 10.2. The van der Waals surface area contributed by atoms with Crippen molar-refractivity contribution in [1.82, 2.24) is 9.62 Å². The van der Waals surface area contributed by atoms with Crippen LogP contribution in [-0.2, 0) is 26.2 Å². The first-order valence-corrected chi connectivity index (χ1v) is 11.7. The smallest absolute Gasteiger partial charge is 0.408 e. The molecule has 1 atom stereocenters. The molecule has 9 heteroatoms. The lowest BCUT2D eigenvalue weighted by atomic mass is 10.2. The van der Waals surface area contributed by atoms with Gasteiger partial charge in [-0.3, -0.25) is 4.79 Å². The fourth-order valence-corrected chi connectivity index (χ4v) is 4.81. The van der Waals surface area contributed by atoms with Crippen molar-refractivity contribution in [2.24, 2.45) is 0 Å². The Kier molecular flexibility index (Phi) is 7.64. The maximum absolute atomic E-state index is 12.8. The maximum Gasteiger partial charge on any atom is 0.408 e. The van der Waals surface area contributed by atoms with Gasteiger partial charge in [-0.15, -0.1) is 0 Å². The highest BCUT2D eigenvalue weighted by atomic mass is 32.2. The zero-order valence-corrected chi connectivity index (χ0v) is 18.2. The molecule has 3 rings (SSSR count). The molecule has 0 aliphatic carbocycles. The zero-order chi connectivity index (χ0) is 22.3. The molecule has 0 bridgehead atoms. The van der Waals surface area contributed by atoms with Crippen molar-refractivity contribution in [2.45, 2.75) is 43.7 Å². The number of hydrogen-bond acceptors (Lipinski definition) is 5. The molecular formula is C22H27N3O5S. The molecular weight excluding hydrogens is 418 g/mol. The largest absolute Gasteiger partial charge is 0.445 e. The van der Waals surface area contributed by atoms with Gasteiger partial charge in [0.25, 0.3) is 0 Å². The number of hydrogen-bond donors (Lipinski definition) is 2. The van der Waals surface area contributed by atoms with Crippen molar-refractivity contribution in [3.8, 4) is 0 Å². The van der Waals surface area contributed by atoms with E-state index >= 15 is 0 Å². The fourth-order valence-electron chi connectivity index (χ4n) is 3.25. The van der Waals surface area contributed by atoms with E-state index in [-0.39, 0.29) is 11.5 Å². The predicted molar refractivity (Wildman–Crippen MR) is 117 cm³/mol. The zero-order valence-electron chi connectivity index (χ0n) is 17.4. The maximum atomic E-state index is 12.8. The van der Waals surface area contributed by atoms with Crippen molar-refractivity contribution < 1.29 is 22.7 Å². The Morgan fingerprint density at radius 1 is 1.03 bits per heavy atom. The Labute approximate surface area is 182 Å². The summed E-state index contributed by atoms with van der Waals surface area (Å²) in [4.78, 5) is 24.5. The van der Waals surface area contributed by atoms with Gasteiger partial charge in [0.05, 0.1) is 4.90 Å². The van der Waals surface area contributed by atoms with E-state index in [9.17, 15) is 18.0 Å². The van der Waals surface area contributed by atoms with Gasteiger partial charge in [-0.05, 0) is 43.5 Å². The number of amides is 2. The third-order valence-electron chi connectivity index (χ3n) is 4.99. The summed E-state index contributed by atoms with van der Waals surface area (Å²) in [6, 6.07) is 14.5. The van der Waals surface area contributed by atoms with Crippen LogP contribution in [0.25, 0.3) is 0 Å². The number of piperidine rings is 1. The van der Waals surface area contributed by atoms with E-state index in [0.29, 0.717) is 18.8 Å². The van der Waals surface area contributed by atoms with Crippen LogP contribution in [-0.4, -0.2) is 43.9 Å². The standard InChI is InChI=1S/C22H27N3O5S/c1-17(23-22(27)30-16-18-9-4-2-5-10-18)21(26)24-19-11-8-12-20(15-19)31(28,29)25-13-6-3-7-14-25/h2,4-5,8-12,15,17H,3,6-7,13-14,16H2,1H3,(H,23,27)(H,24,26)/t17-/m1/s1. The van der Waals surface area contributed by atoms with Crippen LogP contribution in [0.5, 0.6) is 0 Å². The third-order valence-corrected chi connectivity index (χ3v) is 6.89. The Hall–Kier alpha value is -2.91. The average Bonchev–Trinajstić information content (AvgIpc) is 2.79. The summed E-state index contributed by atoms with van der Waals surface area (Å²) in [6.07, 6.45) is 2.01. The predicted octanol–water partition coefficient (Wildman–Crippen LogP) is 3.11. The number of sulfonamides is 1. The molecule has 0 radical (unpaired) electrons. The van der Waals surface area contributed by atoms with Gasteiger partial charge in [-0.25, -0.2) is 13.2 Å². The van der Waals surface area contributed by atoms with Crippen LogP contribution >= 0.6 is 0 Å². The average molecular weight is 446 g/mol. The summed E-state index contributed by atoms with van der Waals surface area (Å²) in [5.41, 5.74) is 1.18. The topological polar surface area (TPSA) is 105 Å². The van der Waals surface area contributed by atoms with Crippen LogP contribution in [0.3, 0.4) is 0 Å². The fraction of sp³-hybridized carbons (Fsp3) is 0.364. The van der Waals surface area contributed by atoms with Gasteiger partial charge in [0.1, 0.15) is 12.6 Å². The molecule has 0 spiro atoms. The molecule has 1 heterocycles. The Morgan fingerprint density at radius 3 is 2.45 bits per heavy atom. The summed E-state index contributed by atoms with van der Waals surface area (Å²) in [5.74, 6) is -0.482. The molecule has 2 amide bonds. The van der Waals surface area contributed by atoms with Crippen molar-refractivity contribution in [3.63, 3.8) is 0 Å². The van der Waals surface area contributed by atoms with E-state index in [0.717, 1.165) is 24.8 Å². The highest BCUT2D eigenvalue weighted by molar-refractivity contribution is 7.89. The SMILES string of the molecule is C[C@@H](NC(=O)OCc1ccccc1)C(=O)Nc1cccc(S(=O)(=O)N2CCCCC2)c1. The van der Waals surface area contributed by atoms with E-state index in [1.54, 1.807) is 12.1 Å². The number of nitrogens with one attached hydrogen (secondary N) is 2. The van der Waals surface area contributed by atoms with E-state index < -0.39 is 28.1 Å². The van der Waals surface area contributed by atoms with E-state index in [2.05, 4.69) is 10.6 Å². The molecule has 1 saturated heterocycles. The number of rotatable bonds is 7. The third kappa shape index (κ3) is 6.28. The summed E-state index contributed by atoms with van der Waals surface area (Å²) >= 11 is 0. The number of carbonyl (C=O) groups excluding carboxylic acids is 2. The van der Waals surface area contributed by atoms with Crippen LogP contribution in [0.2, 0.25) is 0 Å². The number of benzene rings is 2. The molecule has 1 fully saturated rings. The lowest BCUT2D eigenvalue weighted by Gasteiger charge is -2.26. The molecule has 8 nitrogen and oxygen atoms in total. The molecule has 0 aromatic heterocycles. The number of ether oxygens (including phenoxy) is 1. The molecule has 31 heavy (non-hydrogen) atoms. The lowest BCUT2D eigenvalue weighted by Crippen LogP contribution is -2.41. The monoisotopic (exact) mass is 445 g/mol. The molecule has 1 aliphatic heterocycles. The van der Waals surface area contributed by atoms with E-state index in [1.807, 2.05) is 30.3 Å². The normalized spacial score (nSPS) is 15.6. The summed E-state index contributed by atoms with van der Waals surface area (Å²) < 4.78 is 32.3. The van der Waals surface area contributed by atoms with Crippen LogP contribution < -0.4 is 10.6 Å². The summed E-state index contributed by atoms with van der Waals surface area (Å²) in [5, 5.41) is 5.11. The molecule has 2 aromatic carbocycles. The van der Waals surface area contributed by atoms with Crippen LogP contribution in [0.1, 0.15) is 31.7 Å². The van der Waals surface area contributed by atoms with Crippen LogP contribution in [0, 0.1) is 0 Å².